The minimum Gasteiger partial charge on any atom is -0.352 e. The third-order valence-electron chi connectivity index (χ3n) is 7.26. The van der Waals surface area contributed by atoms with Gasteiger partial charge >= 0.3 is 6.03 Å². The number of hydrogen-bond acceptors (Lipinski definition) is 5. The molecule has 4 amide bonds. The second-order valence-electron chi connectivity index (χ2n) is 9.26. The van der Waals surface area contributed by atoms with Crippen molar-refractivity contribution in [2.24, 2.45) is 13.0 Å². The van der Waals surface area contributed by atoms with E-state index in [0.717, 1.165) is 28.9 Å². The van der Waals surface area contributed by atoms with Crippen LogP contribution in [0.2, 0.25) is 0 Å². The summed E-state index contributed by atoms with van der Waals surface area (Å²) in [7, 11) is 1.74. The fourth-order valence-electron chi connectivity index (χ4n) is 5.21. The minimum absolute atomic E-state index is 0.0115. The van der Waals surface area contributed by atoms with Gasteiger partial charge in [-0.25, -0.2) is 9.69 Å². The number of benzene rings is 1. The van der Waals surface area contributed by atoms with Crippen LogP contribution in [0.25, 0.3) is 0 Å². The van der Waals surface area contributed by atoms with Crippen molar-refractivity contribution in [1.82, 2.24) is 30.5 Å². The molecule has 32 heavy (non-hydrogen) atoms. The number of fused-ring (bicyclic) bond motifs is 2. The lowest BCUT2D eigenvalue weighted by atomic mass is 9.80. The van der Waals surface area contributed by atoms with Gasteiger partial charge in [0.1, 0.15) is 11.6 Å². The van der Waals surface area contributed by atoms with Crippen LogP contribution in [0.15, 0.2) is 30.5 Å². The van der Waals surface area contributed by atoms with Gasteiger partial charge in [0.15, 0.2) is 0 Å². The number of carbonyl (C=O) groups excluding carboxylic acids is 3. The fraction of sp³-hybridized carbons (Fsp3) is 0.522. The molecule has 2 N–H and O–H groups in total. The summed E-state index contributed by atoms with van der Waals surface area (Å²) in [5.74, 6) is -0.262. The average Bonchev–Trinajstić information content (AvgIpc) is 3.36. The van der Waals surface area contributed by atoms with Crippen molar-refractivity contribution < 1.29 is 14.4 Å². The maximum Gasteiger partial charge on any atom is 0.326 e. The second kappa shape index (κ2) is 7.72. The van der Waals surface area contributed by atoms with Gasteiger partial charge in [-0.15, -0.1) is 5.10 Å². The Kier molecular flexibility index (Phi) is 4.98. The van der Waals surface area contributed by atoms with Gasteiger partial charge in [-0.3, -0.25) is 14.3 Å². The van der Waals surface area contributed by atoms with Gasteiger partial charge in [0.2, 0.25) is 5.91 Å². The van der Waals surface area contributed by atoms with E-state index in [1.165, 1.54) is 6.42 Å². The third kappa shape index (κ3) is 3.27. The van der Waals surface area contributed by atoms with Crippen LogP contribution in [0.5, 0.6) is 0 Å². The summed E-state index contributed by atoms with van der Waals surface area (Å²) in [5, 5.41) is 14.0. The zero-order chi connectivity index (χ0) is 22.5. The van der Waals surface area contributed by atoms with Gasteiger partial charge < -0.3 is 10.6 Å². The number of carbonyl (C=O) groups is 3. The van der Waals surface area contributed by atoms with Gasteiger partial charge in [0.25, 0.3) is 5.91 Å². The summed E-state index contributed by atoms with van der Waals surface area (Å²) in [6, 6.07) is 6.14. The van der Waals surface area contributed by atoms with Crippen molar-refractivity contribution in [3.63, 3.8) is 0 Å². The molecule has 1 spiro atoms. The molecule has 2 aromatic rings. The van der Waals surface area contributed by atoms with Crippen molar-refractivity contribution in [1.29, 1.82) is 0 Å². The van der Waals surface area contributed by atoms with E-state index in [1.54, 1.807) is 17.9 Å². The Bertz CT molecular complexity index is 1080. The first-order valence-electron chi connectivity index (χ1n) is 11.3. The summed E-state index contributed by atoms with van der Waals surface area (Å²) in [6.45, 7) is 1.99. The molecule has 9 nitrogen and oxygen atoms in total. The highest BCUT2D eigenvalue weighted by Crippen LogP contribution is 2.42. The van der Waals surface area contributed by atoms with Crippen molar-refractivity contribution in [3.8, 4) is 0 Å². The largest absolute Gasteiger partial charge is 0.352 e. The highest BCUT2D eigenvalue weighted by molar-refractivity contribution is 6.10. The predicted octanol–water partition coefficient (Wildman–Crippen LogP) is 1.42. The molecule has 5 rings (SSSR count). The molecule has 1 aromatic heterocycles. The number of nitrogens with one attached hydrogen (secondary N) is 2. The van der Waals surface area contributed by atoms with E-state index in [0.29, 0.717) is 24.5 Å². The van der Waals surface area contributed by atoms with Crippen molar-refractivity contribution in [2.75, 3.05) is 0 Å². The molecule has 1 saturated heterocycles. The second-order valence-corrected chi connectivity index (χ2v) is 9.26. The molecule has 2 fully saturated rings. The summed E-state index contributed by atoms with van der Waals surface area (Å²) >= 11 is 0. The Labute approximate surface area is 186 Å². The van der Waals surface area contributed by atoms with Gasteiger partial charge in [-0.05, 0) is 49.7 Å². The maximum atomic E-state index is 13.8. The molecule has 2 aliphatic carbocycles. The van der Waals surface area contributed by atoms with E-state index < -0.39 is 17.6 Å². The average molecular weight is 437 g/mol. The van der Waals surface area contributed by atoms with Gasteiger partial charge in [-0.1, -0.05) is 35.9 Å². The monoisotopic (exact) mass is 436 g/mol. The first kappa shape index (κ1) is 20.7. The van der Waals surface area contributed by atoms with Crippen LogP contribution >= 0.6 is 0 Å². The zero-order valence-corrected chi connectivity index (χ0v) is 18.4. The number of aromatic nitrogens is 3. The first-order valence-corrected chi connectivity index (χ1v) is 11.3. The Morgan fingerprint density at radius 3 is 2.78 bits per heavy atom. The van der Waals surface area contributed by atoms with Crippen LogP contribution in [0, 0.1) is 5.92 Å². The number of urea groups is 1. The highest BCUT2D eigenvalue weighted by atomic mass is 16.2. The summed E-state index contributed by atoms with van der Waals surface area (Å²) in [6.07, 6.45) is 6.35. The maximum absolute atomic E-state index is 13.8. The minimum atomic E-state index is -1.10. The van der Waals surface area contributed by atoms with E-state index in [4.69, 9.17) is 0 Å². The van der Waals surface area contributed by atoms with Crippen LogP contribution in [0.4, 0.5) is 4.79 Å². The molecule has 1 saturated carbocycles. The number of aryl methyl sites for hydroxylation is 2. The summed E-state index contributed by atoms with van der Waals surface area (Å²) < 4.78 is 1.54. The Hall–Kier alpha value is -3.23. The Morgan fingerprint density at radius 2 is 2.09 bits per heavy atom. The molecule has 0 bridgehead atoms. The molecule has 0 radical (unpaired) electrons. The van der Waals surface area contributed by atoms with Crippen molar-refractivity contribution in [2.45, 2.75) is 63.1 Å². The van der Waals surface area contributed by atoms with Crippen LogP contribution < -0.4 is 10.6 Å². The SMILES string of the molecule is C[C@H](NC(=O)C(Cc1cn(C)nn1)N1C(=O)NC2(CCc3ccccc32)C1=O)C1CCC1. The zero-order valence-electron chi connectivity index (χ0n) is 18.4. The molecule has 1 aliphatic heterocycles. The predicted molar refractivity (Wildman–Crippen MR) is 115 cm³/mol. The molecule has 2 heterocycles. The molecular weight excluding hydrogens is 408 g/mol. The van der Waals surface area contributed by atoms with Gasteiger partial charge in [-0.2, -0.15) is 0 Å². The normalized spacial score (nSPS) is 24.2. The third-order valence-corrected chi connectivity index (χ3v) is 7.26. The molecule has 1 aromatic carbocycles. The number of imide groups is 1. The quantitative estimate of drug-likeness (QED) is 0.666. The van der Waals surface area contributed by atoms with E-state index in [1.807, 2.05) is 31.2 Å². The lowest BCUT2D eigenvalue weighted by Crippen LogP contribution is -2.54. The molecular formula is C23H28N6O3. The number of hydrogen-bond donors (Lipinski definition) is 2. The first-order chi connectivity index (χ1) is 15.4. The van der Waals surface area contributed by atoms with E-state index in [9.17, 15) is 14.4 Å². The van der Waals surface area contributed by atoms with Gasteiger partial charge in [0, 0.05) is 25.7 Å². The van der Waals surface area contributed by atoms with E-state index in [-0.39, 0.29) is 24.3 Å². The molecule has 3 aliphatic rings. The van der Waals surface area contributed by atoms with Crippen molar-refractivity contribution in [3.05, 3.63) is 47.3 Å². The topological polar surface area (TPSA) is 109 Å². The van der Waals surface area contributed by atoms with Crippen LogP contribution in [-0.4, -0.2) is 49.8 Å². The van der Waals surface area contributed by atoms with Crippen LogP contribution in [-0.2, 0) is 35.0 Å². The smallest absolute Gasteiger partial charge is 0.326 e. The fourth-order valence-corrected chi connectivity index (χ4v) is 5.21. The Balaban J connectivity index is 1.46. The molecule has 168 valence electrons. The molecule has 2 unspecified atom stereocenters. The number of rotatable bonds is 6. The Morgan fingerprint density at radius 1 is 1.31 bits per heavy atom. The lowest BCUT2D eigenvalue weighted by Gasteiger charge is -2.34. The highest BCUT2D eigenvalue weighted by Gasteiger charge is 2.57. The standard InChI is InChI=1S/C23H28N6O3/c1-14(15-7-5-8-15)24-20(30)19(12-17-13-28(2)27-26-17)29-21(31)23(25-22(29)32)11-10-16-6-3-4-9-18(16)23/h3-4,6,9,13-15,19H,5,7-8,10-12H2,1-2H3,(H,24,30)(H,25,32)/t14-,19?,23?/m0/s1. The van der Waals surface area contributed by atoms with Crippen LogP contribution in [0.3, 0.4) is 0 Å². The number of nitrogens with zero attached hydrogens (tertiary/aromatic N) is 4. The molecule has 3 atom stereocenters. The van der Waals surface area contributed by atoms with Gasteiger partial charge in [0.05, 0.1) is 5.69 Å². The van der Waals surface area contributed by atoms with Crippen molar-refractivity contribution >= 4 is 17.8 Å². The van der Waals surface area contributed by atoms with E-state index in [2.05, 4.69) is 20.9 Å². The van der Waals surface area contributed by atoms with E-state index >= 15 is 0 Å². The van der Waals surface area contributed by atoms with Crippen LogP contribution in [0.1, 0.15) is 49.4 Å². The lowest BCUT2D eigenvalue weighted by molar-refractivity contribution is -0.139. The summed E-state index contributed by atoms with van der Waals surface area (Å²) in [4.78, 5) is 41.4. The number of amides is 4. The summed E-state index contributed by atoms with van der Waals surface area (Å²) in [5.41, 5.74) is 1.32. The molecule has 9 heteroatoms.